The van der Waals surface area contributed by atoms with Gasteiger partial charge in [0.2, 0.25) is 0 Å². The summed E-state index contributed by atoms with van der Waals surface area (Å²) in [5.74, 6) is 0.359. The highest BCUT2D eigenvalue weighted by Crippen LogP contribution is 2.27. The van der Waals surface area contributed by atoms with Crippen molar-refractivity contribution in [2.45, 2.75) is 13.5 Å². The van der Waals surface area contributed by atoms with Gasteiger partial charge in [0.05, 0.1) is 5.69 Å². The fourth-order valence-corrected chi connectivity index (χ4v) is 3.42. The predicted octanol–water partition coefficient (Wildman–Crippen LogP) is 2.97. The van der Waals surface area contributed by atoms with Crippen LogP contribution in [-0.4, -0.2) is 46.2 Å². The maximum Gasteiger partial charge on any atom is 0.159 e. The van der Waals surface area contributed by atoms with Crippen molar-refractivity contribution >= 4 is 16.7 Å². The molecule has 0 unspecified atom stereocenters. The van der Waals surface area contributed by atoms with Gasteiger partial charge in [-0.1, -0.05) is 12.1 Å². The number of fused-ring (bicyclic) bond motifs is 1. The molecule has 25 heavy (non-hydrogen) atoms. The lowest BCUT2D eigenvalue weighted by Crippen LogP contribution is -2.46. The molecule has 5 nitrogen and oxygen atoms in total. The molecule has 1 fully saturated rings. The Balaban J connectivity index is 1.45. The van der Waals surface area contributed by atoms with Crippen LogP contribution in [0.1, 0.15) is 11.3 Å². The zero-order valence-electron chi connectivity index (χ0n) is 14.4. The summed E-state index contributed by atoms with van der Waals surface area (Å²) < 4.78 is 0. The van der Waals surface area contributed by atoms with Gasteiger partial charge in [-0.25, -0.2) is 9.97 Å². The molecule has 0 spiro atoms. The van der Waals surface area contributed by atoms with E-state index in [-0.39, 0.29) is 0 Å². The Morgan fingerprint density at radius 3 is 2.64 bits per heavy atom. The number of phenolic OH excluding ortho intramolecular Hbond substituents is 1. The number of nitrogens with zero attached hydrogens (tertiary/aromatic N) is 4. The molecule has 3 heterocycles. The standard InChI is InChI=1S/C20H22N4O/c1-15-17(13-16-5-4-8-21-20(16)22-15)14-23-9-11-24(12-10-23)18-6-2-3-7-19(18)25/h2-8,13,25H,9-12,14H2,1H3. The number of aromatic hydroxyl groups is 1. The van der Waals surface area contributed by atoms with E-state index in [1.165, 1.54) is 5.56 Å². The molecule has 2 aromatic heterocycles. The number of benzene rings is 1. The van der Waals surface area contributed by atoms with E-state index in [9.17, 15) is 5.11 Å². The second-order valence-corrected chi connectivity index (χ2v) is 6.53. The van der Waals surface area contributed by atoms with Gasteiger partial charge in [-0.15, -0.1) is 0 Å². The lowest BCUT2D eigenvalue weighted by molar-refractivity contribution is 0.248. The van der Waals surface area contributed by atoms with Crippen LogP contribution in [0.4, 0.5) is 5.69 Å². The first-order chi connectivity index (χ1) is 12.2. The molecular weight excluding hydrogens is 312 g/mol. The van der Waals surface area contributed by atoms with Crippen LogP contribution in [0.25, 0.3) is 11.0 Å². The van der Waals surface area contributed by atoms with Crippen LogP contribution in [0, 0.1) is 6.92 Å². The van der Waals surface area contributed by atoms with Crippen molar-refractivity contribution < 1.29 is 5.11 Å². The summed E-state index contributed by atoms with van der Waals surface area (Å²) in [6.45, 7) is 6.73. The molecule has 0 radical (unpaired) electrons. The lowest BCUT2D eigenvalue weighted by atomic mass is 10.1. The first-order valence-corrected chi connectivity index (χ1v) is 8.67. The molecule has 128 valence electrons. The quantitative estimate of drug-likeness (QED) is 0.798. The maximum atomic E-state index is 10.0. The first-order valence-electron chi connectivity index (χ1n) is 8.67. The largest absolute Gasteiger partial charge is 0.506 e. The summed E-state index contributed by atoms with van der Waals surface area (Å²) >= 11 is 0. The highest BCUT2D eigenvalue weighted by molar-refractivity contribution is 5.75. The number of anilines is 1. The molecule has 3 aromatic rings. The fourth-order valence-electron chi connectivity index (χ4n) is 3.42. The topological polar surface area (TPSA) is 52.5 Å². The van der Waals surface area contributed by atoms with Crippen molar-refractivity contribution in [2.75, 3.05) is 31.1 Å². The first kappa shape index (κ1) is 15.8. The van der Waals surface area contributed by atoms with Crippen LogP contribution in [0.2, 0.25) is 0 Å². The Hall–Kier alpha value is -2.66. The summed E-state index contributed by atoms with van der Waals surface area (Å²) in [6.07, 6.45) is 1.78. The van der Waals surface area contributed by atoms with Crippen LogP contribution < -0.4 is 4.90 Å². The van der Waals surface area contributed by atoms with E-state index in [0.29, 0.717) is 5.75 Å². The Morgan fingerprint density at radius 2 is 1.84 bits per heavy atom. The molecule has 5 heteroatoms. The number of aromatic nitrogens is 2. The normalized spacial score (nSPS) is 15.6. The number of aryl methyl sites for hydroxylation is 1. The van der Waals surface area contributed by atoms with Gasteiger partial charge in [-0.3, -0.25) is 4.90 Å². The highest BCUT2D eigenvalue weighted by Gasteiger charge is 2.19. The highest BCUT2D eigenvalue weighted by atomic mass is 16.3. The average molecular weight is 334 g/mol. The summed E-state index contributed by atoms with van der Waals surface area (Å²) in [5.41, 5.74) is 4.05. The molecule has 0 saturated carbocycles. The zero-order chi connectivity index (χ0) is 17.2. The van der Waals surface area contributed by atoms with Crippen LogP contribution in [0.15, 0.2) is 48.7 Å². The Kier molecular flexibility index (Phi) is 4.24. The molecule has 1 N–H and O–H groups in total. The fraction of sp³-hybridized carbons (Fsp3) is 0.300. The maximum absolute atomic E-state index is 10.0. The monoisotopic (exact) mass is 334 g/mol. The Labute approximate surface area is 147 Å². The summed E-state index contributed by atoms with van der Waals surface area (Å²) in [6, 6.07) is 13.8. The summed E-state index contributed by atoms with van der Waals surface area (Å²) in [4.78, 5) is 13.7. The number of piperazine rings is 1. The number of para-hydroxylation sites is 2. The van der Waals surface area contributed by atoms with Gasteiger partial charge >= 0.3 is 0 Å². The van der Waals surface area contributed by atoms with Crippen molar-refractivity contribution in [3.8, 4) is 5.75 Å². The molecule has 4 rings (SSSR count). The molecular formula is C20H22N4O. The van der Waals surface area contributed by atoms with Gasteiger partial charge in [0.25, 0.3) is 0 Å². The minimum absolute atomic E-state index is 0.359. The minimum atomic E-state index is 0.359. The van der Waals surface area contributed by atoms with Gasteiger partial charge in [0, 0.05) is 50.0 Å². The molecule has 0 atom stereocenters. The zero-order valence-corrected chi connectivity index (χ0v) is 14.4. The van der Waals surface area contributed by atoms with E-state index in [4.69, 9.17) is 0 Å². The van der Waals surface area contributed by atoms with Gasteiger partial charge < -0.3 is 10.0 Å². The number of hydrogen-bond donors (Lipinski definition) is 1. The van der Waals surface area contributed by atoms with Crippen LogP contribution in [0.5, 0.6) is 5.75 Å². The lowest BCUT2D eigenvalue weighted by Gasteiger charge is -2.36. The van der Waals surface area contributed by atoms with Crippen LogP contribution in [-0.2, 0) is 6.54 Å². The van der Waals surface area contributed by atoms with Gasteiger partial charge in [-0.05, 0) is 42.8 Å². The van der Waals surface area contributed by atoms with E-state index >= 15 is 0 Å². The number of pyridine rings is 2. The average Bonchev–Trinajstić information content (AvgIpc) is 2.63. The predicted molar refractivity (Wildman–Crippen MR) is 99.9 cm³/mol. The van der Waals surface area contributed by atoms with Crippen LogP contribution >= 0.6 is 0 Å². The Morgan fingerprint density at radius 1 is 1.04 bits per heavy atom. The second kappa shape index (κ2) is 6.69. The second-order valence-electron chi connectivity index (χ2n) is 6.53. The molecule has 1 aliphatic heterocycles. The van der Waals surface area contributed by atoms with Crippen LogP contribution in [0.3, 0.4) is 0 Å². The molecule has 1 aliphatic rings. The molecule has 1 saturated heterocycles. The van der Waals surface area contributed by atoms with Gasteiger partial charge in [0.1, 0.15) is 5.75 Å². The number of phenols is 1. The minimum Gasteiger partial charge on any atom is -0.506 e. The third kappa shape index (κ3) is 3.28. The van der Waals surface area contributed by atoms with E-state index in [1.807, 2.05) is 24.3 Å². The number of rotatable bonds is 3. The van der Waals surface area contributed by atoms with E-state index < -0.39 is 0 Å². The van der Waals surface area contributed by atoms with Crippen molar-refractivity contribution in [1.82, 2.24) is 14.9 Å². The molecule has 0 aliphatic carbocycles. The SMILES string of the molecule is Cc1nc2ncccc2cc1CN1CCN(c2ccccc2O)CC1. The molecule has 0 amide bonds. The van der Waals surface area contributed by atoms with Crippen molar-refractivity contribution in [2.24, 2.45) is 0 Å². The third-order valence-corrected chi connectivity index (χ3v) is 4.87. The number of hydrogen-bond acceptors (Lipinski definition) is 5. The van der Waals surface area contributed by atoms with Gasteiger partial charge in [0.15, 0.2) is 5.65 Å². The Bertz CT molecular complexity index is 888. The van der Waals surface area contributed by atoms with Gasteiger partial charge in [-0.2, -0.15) is 0 Å². The van der Waals surface area contributed by atoms with E-state index in [1.54, 1.807) is 12.3 Å². The molecule has 0 bridgehead atoms. The smallest absolute Gasteiger partial charge is 0.159 e. The third-order valence-electron chi connectivity index (χ3n) is 4.87. The van der Waals surface area contributed by atoms with Crippen molar-refractivity contribution in [3.63, 3.8) is 0 Å². The van der Waals surface area contributed by atoms with Crippen molar-refractivity contribution in [1.29, 1.82) is 0 Å². The van der Waals surface area contributed by atoms with E-state index in [0.717, 1.165) is 55.1 Å². The summed E-state index contributed by atoms with van der Waals surface area (Å²) in [7, 11) is 0. The summed E-state index contributed by atoms with van der Waals surface area (Å²) in [5, 5.41) is 11.1. The van der Waals surface area contributed by atoms with E-state index in [2.05, 4.69) is 38.8 Å². The van der Waals surface area contributed by atoms with Crippen molar-refractivity contribution in [3.05, 3.63) is 59.9 Å². The molecule has 1 aromatic carbocycles.